The van der Waals surface area contributed by atoms with Crippen LogP contribution in [0.1, 0.15) is 43.6 Å². The number of aryl methyl sites for hydroxylation is 3. The summed E-state index contributed by atoms with van der Waals surface area (Å²) in [5, 5.41) is 4.82. The molecule has 0 saturated carbocycles. The smallest absolute Gasteiger partial charge is 0.261 e. The molecule has 2 saturated heterocycles. The Bertz CT molecular complexity index is 1160. The maximum absolute atomic E-state index is 15.1. The number of anilines is 1. The molecule has 0 amide bonds. The van der Waals surface area contributed by atoms with Crippen molar-refractivity contribution in [2.75, 3.05) is 37.7 Å². The van der Waals surface area contributed by atoms with Crippen molar-refractivity contribution in [1.82, 2.24) is 20.0 Å². The minimum atomic E-state index is -0.282. The highest BCUT2D eigenvalue weighted by Crippen LogP contribution is 2.38. The predicted octanol–water partition coefficient (Wildman–Crippen LogP) is 4.29. The van der Waals surface area contributed by atoms with Crippen LogP contribution in [0.5, 0.6) is 0 Å². The normalized spacial score (nSPS) is 20.6. The molecule has 2 fully saturated rings. The number of ether oxygens (including phenoxy) is 1. The monoisotopic (exact) mass is 453 g/mol. The SMILES string of the molecule is CCc1cc(F)c2nc(N3CCN(C4CCOCC4)C[C@@H]3C)c(-c3nc(C)no3)c(C)c2c1. The predicted molar refractivity (Wildman–Crippen MR) is 126 cm³/mol. The lowest BCUT2D eigenvalue weighted by molar-refractivity contribution is 0.0279. The fourth-order valence-electron chi connectivity index (χ4n) is 5.27. The van der Waals surface area contributed by atoms with Gasteiger partial charge in [0.15, 0.2) is 5.82 Å². The number of halogens is 1. The highest BCUT2D eigenvalue weighted by molar-refractivity contribution is 5.93. The van der Waals surface area contributed by atoms with Gasteiger partial charge in [0.25, 0.3) is 5.89 Å². The van der Waals surface area contributed by atoms with Crippen LogP contribution >= 0.6 is 0 Å². The Morgan fingerprint density at radius 2 is 1.91 bits per heavy atom. The molecule has 0 spiro atoms. The zero-order valence-corrected chi connectivity index (χ0v) is 19.9. The van der Waals surface area contributed by atoms with Crippen molar-refractivity contribution in [3.05, 3.63) is 34.9 Å². The average Bonchev–Trinajstić information content (AvgIpc) is 3.25. The van der Waals surface area contributed by atoms with E-state index in [1.54, 1.807) is 13.0 Å². The molecule has 0 unspecified atom stereocenters. The van der Waals surface area contributed by atoms with E-state index >= 15 is 4.39 Å². The first kappa shape index (κ1) is 22.2. The van der Waals surface area contributed by atoms with E-state index in [0.29, 0.717) is 23.3 Å². The van der Waals surface area contributed by atoms with E-state index in [1.165, 1.54) is 0 Å². The lowest BCUT2D eigenvalue weighted by Crippen LogP contribution is -2.56. The first-order valence-corrected chi connectivity index (χ1v) is 12.0. The van der Waals surface area contributed by atoms with Gasteiger partial charge in [0, 0.05) is 50.3 Å². The lowest BCUT2D eigenvalue weighted by Gasteiger charge is -2.45. The van der Waals surface area contributed by atoms with E-state index < -0.39 is 0 Å². The molecular weight excluding hydrogens is 421 g/mol. The summed E-state index contributed by atoms with van der Waals surface area (Å²) < 4.78 is 26.3. The molecule has 4 heterocycles. The summed E-state index contributed by atoms with van der Waals surface area (Å²) in [7, 11) is 0. The summed E-state index contributed by atoms with van der Waals surface area (Å²) in [4.78, 5) is 14.3. The first-order valence-electron chi connectivity index (χ1n) is 12.0. The molecule has 3 aromatic rings. The summed E-state index contributed by atoms with van der Waals surface area (Å²) >= 11 is 0. The van der Waals surface area contributed by atoms with Crippen LogP contribution in [0.3, 0.4) is 0 Å². The standard InChI is InChI=1S/C25H32FN5O2/c1-5-18-12-20-16(3)22(25-27-17(4)29-33-25)24(28-23(20)21(26)13-18)31-9-8-30(14-15(31)2)19-6-10-32-11-7-19/h12-13,15,19H,5-11,14H2,1-4H3/t15-/m0/s1. The summed E-state index contributed by atoms with van der Waals surface area (Å²) in [6.07, 6.45) is 2.92. The Morgan fingerprint density at radius 3 is 2.58 bits per heavy atom. The number of aromatic nitrogens is 3. The van der Waals surface area contributed by atoms with Gasteiger partial charge in [-0.3, -0.25) is 4.90 Å². The van der Waals surface area contributed by atoms with Crippen molar-refractivity contribution >= 4 is 16.7 Å². The molecule has 0 bridgehead atoms. The number of rotatable bonds is 4. The van der Waals surface area contributed by atoms with Crippen LogP contribution in [0.2, 0.25) is 0 Å². The van der Waals surface area contributed by atoms with E-state index in [0.717, 1.165) is 80.0 Å². The number of hydrogen-bond donors (Lipinski definition) is 0. The second-order valence-corrected chi connectivity index (χ2v) is 9.29. The van der Waals surface area contributed by atoms with Crippen LogP contribution in [0.4, 0.5) is 10.2 Å². The van der Waals surface area contributed by atoms with Crippen LogP contribution in [-0.4, -0.2) is 65.0 Å². The Labute approximate surface area is 193 Å². The second-order valence-electron chi connectivity index (χ2n) is 9.29. The first-order chi connectivity index (χ1) is 16.0. The van der Waals surface area contributed by atoms with Gasteiger partial charge in [0.05, 0.1) is 5.56 Å². The third-order valence-electron chi connectivity index (χ3n) is 7.13. The Morgan fingerprint density at radius 1 is 1.12 bits per heavy atom. The molecule has 2 aliphatic heterocycles. The average molecular weight is 454 g/mol. The Hall–Kier alpha value is -2.58. The van der Waals surface area contributed by atoms with Gasteiger partial charge in [-0.1, -0.05) is 12.1 Å². The summed E-state index contributed by atoms with van der Waals surface area (Å²) in [6, 6.07) is 4.41. The summed E-state index contributed by atoms with van der Waals surface area (Å²) in [5.41, 5.74) is 3.08. The molecule has 7 nitrogen and oxygen atoms in total. The highest BCUT2D eigenvalue weighted by Gasteiger charge is 2.33. The molecule has 2 aliphatic rings. The number of nitrogens with zero attached hydrogens (tertiary/aromatic N) is 5. The van der Waals surface area contributed by atoms with Gasteiger partial charge in [-0.2, -0.15) is 4.98 Å². The highest BCUT2D eigenvalue weighted by atomic mass is 19.1. The zero-order valence-electron chi connectivity index (χ0n) is 19.9. The van der Waals surface area contributed by atoms with Crippen LogP contribution in [0.15, 0.2) is 16.7 Å². The molecule has 1 aromatic carbocycles. The van der Waals surface area contributed by atoms with Gasteiger partial charge >= 0.3 is 0 Å². The molecule has 0 N–H and O–H groups in total. The molecule has 176 valence electrons. The molecule has 0 radical (unpaired) electrons. The number of benzene rings is 1. The lowest BCUT2D eigenvalue weighted by atomic mass is 9.99. The number of fused-ring (bicyclic) bond motifs is 1. The molecule has 0 aliphatic carbocycles. The molecule has 33 heavy (non-hydrogen) atoms. The molecule has 1 atom stereocenters. The van der Waals surface area contributed by atoms with Crippen LogP contribution in [0.25, 0.3) is 22.4 Å². The van der Waals surface area contributed by atoms with E-state index in [1.807, 2.05) is 19.9 Å². The van der Waals surface area contributed by atoms with Crippen molar-refractivity contribution in [3.63, 3.8) is 0 Å². The Balaban J connectivity index is 1.59. The van der Waals surface area contributed by atoms with Gasteiger partial charge in [-0.25, -0.2) is 9.37 Å². The Kier molecular flexibility index (Phi) is 6.05. The van der Waals surface area contributed by atoms with E-state index in [-0.39, 0.29) is 11.9 Å². The molecule has 2 aromatic heterocycles. The maximum Gasteiger partial charge on any atom is 0.261 e. The summed E-state index contributed by atoms with van der Waals surface area (Å²) in [5.74, 6) is 1.46. The second kappa shape index (κ2) is 8.99. The topological polar surface area (TPSA) is 67.5 Å². The van der Waals surface area contributed by atoms with Crippen LogP contribution in [0, 0.1) is 19.7 Å². The van der Waals surface area contributed by atoms with Gasteiger partial charge in [-0.15, -0.1) is 0 Å². The minimum Gasteiger partial charge on any atom is -0.381 e. The van der Waals surface area contributed by atoms with Crippen molar-refractivity contribution in [3.8, 4) is 11.5 Å². The molecular formula is C25H32FN5O2. The zero-order chi connectivity index (χ0) is 23.1. The van der Waals surface area contributed by atoms with Crippen LogP contribution < -0.4 is 4.90 Å². The van der Waals surface area contributed by atoms with Gasteiger partial charge in [0.1, 0.15) is 17.2 Å². The third kappa shape index (κ3) is 4.10. The fourth-order valence-corrected chi connectivity index (χ4v) is 5.27. The number of piperazine rings is 1. The minimum absolute atomic E-state index is 0.215. The quantitative estimate of drug-likeness (QED) is 0.584. The maximum atomic E-state index is 15.1. The van der Waals surface area contributed by atoms with Crippen molar-refractivity contribution in [2.24, 2.45) is 0 Å². The van der Waals surface area contributed by atoms with Crippen molar-refractivity contribution in [2.45, 2.75) is 59.0 Å². The fraction of sp³-hybridized carbons (Fsp3) is 0.560. The van der Waals surface area contributed by atoms with Gasteiger partial charge in [0.2, 0.25) is 0 Å². The number of hydrogen-bond acceptors (Lipinski definition) is 7. The van der Waals surface area contributed by atoms with Crippen molar-refractivity contribution < 1.29 is 13.7 Å². The summed E-state index contributed by atoms with van der Waals surface area (Å²) in [6.45, 7) is 12.4. The van der Waals surface area contributed by atoms with Crippen LogP contribution in [-0.2, 0) is 11.2 Å². The molecule has 8 heteroatoms. The van der Waals surface area contributed by atoms with Gasteiger partial charge < -0.3 is 14.2 Å². The van der Waals surface area contributed by atoms with E-state index in [2.05, 4.69) is 26.9 Å². The third-order valence-corrected chi connectivity index (χ3v) is 7.13. The van der Waals surface area contributed by atoms with Crippen molar-refractivity contribution in [1.29, 1.82) is 0 Å². The molecule has 5 rings (SSSR count). The largest absolute Gasteiger partial charge is 0.381 e. The van der Waals surface area contributed by atoms with E-state index in [4.69, 9.17) is 14.2 Å². The number of pyridine rings is 1. The van der Waals surface area contributed by atoms with Gasteiger partial charge in [-0.05, 0) is 63.3 Å². The van der Waals surface area contributed by atoms with E-state index in [9.17, 15) is 0 Å².